The van der Waals surface area contributed by atoms with Crippen LogP contribution in [-0.2, 0) is 10.0 Å². The Kier molecular flexibility index (Phi) is 5.09. The third-order valence-electron chi connectivity index (χ3n) is 3.13. The van der Waals surface area contributed by atoms with Gasteiger partial charge in [0.05, 0.1) is 5.02 Å². The van der Waals surface area contributed by atoms with Crippen LogP contribution in [0.3, 0.4) is 0 Å². The van der Waals surface area contributed by atoms with Gasteiger partial charge >= 0.3 is 0 Å². The van der Waals surface area contributed by atoms with Crippen LogP contribution in [0, 0.1) is 0 Å². The Hall–Kier alpha value is -0.330. The molecular formula is C12H16Cl2N2O2S. The molecule has 4 nitrogen and oxygen atoms in total. The maximum absolute atomic E-state index is 12.1. The monoisotopic (exact) mass is 322 g/mol. The summed E-state index contributed by atoms with van der Waals surface area (Å²) in [7, 11) is -3.60. The topological polar surface area (TPSA) is 58.2 Å². The Morgan fingerprint density at radius 2 is 2.16 bits per heavy atom. The average molecular weight is 323 g/mol. The number of hydrogen-bond acceptors (Lipinski definition) is 3. The second-order valence-electron chi connectivity index (χ2n) is 4.55. The zero-order valence-corrected chi connectivity index (χ0v) is 12.7. The van der Waals surface area contributed by atoms with Gasteiger partial charge < -0.3 is 5.32 Å². The molecule has 0 aromatic heterocycles. The number of benzene rings is 1. The minimum Gasteiger partial charge on any atom is -0.314 e. The second kappa shape index (κ2) is 6.41. The van der Waals surface area contributed by atoms with Gasteiger partial charge in [0.25, 0.3) is 0 Å². The Labute approximate surface area is 123 Å². The minimum absolute atomic E-state index is 0.0287. The summed E-state index contributed by atoms with van der Waals surface area (Å²) in [5.74, 6) is 0. The van der Waals surface area contributed by atoms with Crippen molar-refractivity contribution in [3.63, 3.8) is 0 Å². The van der Waals surface area contributed by atoms with Crippen molar-refractivity contribution >= 4 is 33.2 Å². The molecule has 7 heteroatoms. The lowest BCUT2D eigenvalue weighted by Gasteiger charge is -2.12. The van der Waals surface area contributed by atoms with E-state index in [-0.39, 0.29) is 9.92 Å². The molecule has 0 bridgehead atoms. The van der Waals surface area contributed by atoms with Crippen molar-refractivity contribution in [2.75, 3.05) is 13.1 Å². The molecule has 0 radical (unpaired) electrons. The third-order valence-corrected chi connectivity index (χ3v) is 5.31. The fraction of sp³-hybridized carbons (Fsp3) is 0.500. The summed E-state index contributed by atoms with van der Waals surface area (Å²) in [6.07, 6.45) is 3.02. The highest BCUT2D eigenvalue weighted by atomic mass is 35.5. The minimum atomic E-state index is -3.60. The predicted octanol–water partition coefficient (Wildman–Crippen LogP) is 2.41. The van der Waals surface area contributed by atoms with E-state index in [1.807, 2.05) is 0 Å². The normalized spacial score (nSPS) is 19.8. The molecule has 1 aliphatic heterocycles. The van der Waals surface area contributed by atoms with E-state index in [9.17, 15) is 8.42 Å². The van der Waals surface area contributed by atoms with Gasteiger partial charge in [-0.3, -0.25) is 0 Å². The highest BCUT2D eigenvalue weighted by molar-refractivity contribution is 7.89. The van der Waals surface area contributed by atoms with Gasteiger partial charge in [0.2, 0.25) is 10.0 Å². The van der Waals surface area contributed by atoms with E-state index in [0.29, 0.717) is 17.6 Å². The molecule has 0 spiro atoms. The van der Waals surface area contributed by atoms with Crippen LogP contribution in [0.2, 0.25) is 10.0 Å². The van der Waals surface area contributed by atoms with Crippen LogP contribution in [0.5, 0.6) is 0 Å². The molecule has 2 rings (SSSR count). The van der Waals surface area contributed by atoms with E-state index in [1.54, 1.807) is 6.07 Å². The van der Waals surface area contributed by atoms with Crippen LogP contribution in [0.25, 0.3) is 0 Å². The molecule has 1 heterocycles. The van der Waals surface area contributed by atoms with Crippen molar-refractivity contribution in [2.24, 2.45) is 0 Å². The first kappa shape index (κ1) is 15.1. The molecule has 0 amide bonds. The molecule has 106 valence electrons. The highest BCUT2D eigenvalue weighted by Crippen LogP contribution is 2.24. The van der Waals surface area contributed by atoms with Gasteiger partial charge in [-0.05, 0) is 44.0 Å². The lowest BCUT2D eigenvalue weighted by molar-refractivity contribution is 0.539. The summed E-state index contributed by atoms with van der Waals surface area (Å²) in [5.41, 5.74) is 0. The zero-order chi connectivity index (χ0) is 13.9. The van der Waals surface area contributed by atoms with Gasteiger partial charge in [0.15, 0.2) is 0 Å². The first-order chi connectivity index (χ1) is 8.99. The number of nitrogens with one attached hydrogen (secondary N) is 2. The lowest BCUT2D eigenvalue weighted by atomic mass is 10.2. The molecule has 19 heavy (non-hydrogen) atoms. The molecule has 1 atom stereocenters. The molecule has 2 N–H and O–H groups in total. The van der Waals surface area contributed by atoms with E-state index in [4.69, 9.17) is 23.2 Å². The summed E-state index contributed by atoms with van der Waals surface area (Å²) in [6.45, 7) is 1.40. The Bertz CT molecular complexity index is 543. The lowest BCUT2D eigenvalue weighted by Crippen LogP contribution is -2.30. The van der Waals surface area contributed by atoms with Crippen LogP contribution in [0.15, 0.2) is 23.1 Å². The van der Waals surface area contributed by atoms with Crippen LogP contribution >= 0.6 is 23.2 Å². The number of hydrogen-bond donors (Lipinski definition) is 2. The molecule has 0 unspecified atom stereocenters. The quantitative estimate of drug-likeness (QED) is 0.875. The van der Waals surface area contributed by atoms with E-state index in [2.05, 4.69) is 10.0 Å². The maximum Gasteiger partial charge on any atom is 0.242 e. The summed E-state index contributed by atoms with van der Waals surface area (Å²) >= 11 is 11.7. The summed E-state index contributed by atoms with van der Waals surface area (Å²) in [6, 6.07) is 4.81. The number of sulfonamides is 1. The third kappa shape index (κ3) is 4.07. The Morgan fingerprint density at radius 1 is 1.37 bits per heavy atom. The standard InChI is InChI=1S/C12H16Cl2N2O2S/c13-9-3-4-11(14)12(8-9)19(17,18)16-7-5-10-2-1-6-15-10/h3-4,8,10,15-16H,1-2,5-7H2/t10-/m0/s1. The maximum atomic E-state index is 12.1. The Morgan fingerprint density at radius 3 is 2.84 bits per heavy atom. The van der Waals surface area contributed by atoms with Crippen molar-refractivity contribution < 1.29 is 8.42 Å². The highest BCUT2D eigenvalue weighted by Gasteiger charge is 2.19. The Balaban J connectivity index is 1.99. The predicted molar refractivity (Wildman–Crippen MR) is 77.3 cm³/mol. The SMILES string of the molecule is O=S(=O)(NCC[C@@H]1CCCN1)c1cc(Cl)ccc1Cl. The van der Waals surface area contributed by atoms with Gasteiger partial charge in [0, 0.05) is 17.6 Å². The molecule has 1 fully saturated rings. The molecule has 0 saturated carbocycles. The van der Waals surface area contributed by atoms with E-state index in [1.165, 1.54) is 12.1 Å². The van der Waals surface area contributed by atoms with Gasteiger partial charge in [-0.25, -0.2) is 13.1 Å². The molecule has 1 aromatic carbocycles. The average Bonchev–Trinajstić information content (AvgIpc) is 2.85. The van der Waals surface area contributed by atoms with Crippen molar-refractivity contribution in [3.05, 3.63) is 28.2 Å². The van der Waals surface area contributed by atoms with E-state index in [0.717, 1.165) is 25.8 Å². The molecule has 1 aliphatic rings. The van der Waals surface area contributed by atoms with Crippen LogP contribution in [0.4, 0.5) is 0 Å². The summed E-state index contributed by atoms with van der Waals surface area (Å²) in [4.78, 5) is 0.0287. The molecule has 1 saturated heterocycles. The van der Waals surface area contributed by atoms with Crippen molar-refractivity contribution in [1.82, 2.24) is 10.0 Å². The smallest absolute Gasteiger partial charge is 0.242 e. The van der Waals surface area contributed by atoms with Gasteiger partial charge in [-0.1, -0.05) is 23.2 Å². The van der Waals surface area contributed by atoms with Gasteiger partial charge in [-0.15, -0.1) is 0 Å². The summed E-state index contributed by atoms with van der Waals surface area (Å²) < 4.78 is 26.8. The molecule has 1 aromatic rings. The van der Waals surface area contributed by atoms with Crippen molar-refractivity contribution in [1.29, 1.82) is 0 Å². The number of halogens is 2. The van der Waals surface area contributed by atoms with Crippen molar-refractivity contribution in [3.8, 4) is 0 Å². The van der Waals surface area contributed by atoms with Crippen LogP contribution in [0.1, 0.15) is 19.3 Å². The van der Waals surface area contributed by atoms with Crippen molar-refractivity contribution in [2.45, 2.75) is 30.2 Å². The van der Waals surface area contributed by atoms with Gasteiger partial charge in [-0.2, -0.15) is 0 Å². The first-order valence-electron chi connectivity index (χ1n) is 6.17. The van der Waals surface area contributed by atoms with E-state index < -0.39 is 10.0 Å². The van der Waals surface area contributed by atoms with Gasteiger partial charge in [0.1, 0.15) is 4.90 Å². The second-order valence-corrected chi connectivity index (χ2v) is 7.13. The molecule has 0 aliphatic carbocycles. The fourth-order valence-corrected chi connectivity index (χ4v) is 3.94. The largest absolute Gasteiger partial charge is 0.314 e. The zero-order valence-electron chi connectivity index (χ0n) is 10.3. The van der Waals surface area contributed by atoms with Crippen LogP contribution < -0.4 is 10.0 Å². The fourth-order valence-electron chi connectivity index (χ4n) is 2.13. The molecular weight excluding hydrogens is 307 g/mol. The summed E-state index contributed by atoms with van der Waals surface area (Å²) in [5, 5.41) is 3.85. The van der Waals surface area contributed by atoms with Crippen LogP contribution in [-0.4, -0.2) is 27.5 Å². The number of rotatable bonds is 5. The van der Waals surface area contributed by atoms with E-state index >= 15 is 0 Å². The first-order valence-corrected chi connectivity index (χ1v) is 8.41.